The monoisotopic (exact) mass is 317 g/mol. The van der Waals surface area contributed by atoms with Crippen molar-refractivity contribution in [3.8, 4) is 0 Å². The van der Waals surface area contributed by atoms with Crippen LogP contribution in [0.15, 0.2) is 24.3 Å². The summed E-state index contributed by atoms with van der Waals surface area (Å²) in [5.41, 5.74) is 6.60. The van der Waals surface area contributed by atoms with Crippen molar-refractivity contribution in [3.05, 3.63) is 33.4 Å². The van der Waals surface area contributed by atoms with Gasteiger partial charge in [-0.3, -0.25) is 5.41 Å². The van der Waals surface area contributed by atoms with Crippen LogP contribution in [0.4, 0.5) is 0 Å². The highest BCUT2D eigenvalue weighted by atomic mass is 127. The van der Waals surface area contributed by atoms with Crippen LogP contribution in [0.1, 0.15) is 12.0 Å². The molecule has 0 fully saturated rings. The molecule has 0 aromatic heterocycles. The summed E-state index contributed by atoms with van der Waals surface area (Å²) in [5, 5.41) is 7.15. The number of nitrogens with two attached hydrogens (primary N) is 1. The molecular formula is C11H16IN3. The van der Waals surface area contributed by atoms with Crippen LogP contribution in [0.25, 0.3) is 0 Å². The van der Waals surface area contributed by atoms with Crippen molar-refractivity contribution in [2.24, 2.45) is 5.73 Å². The molecule has 0 radical (unpaired) electrons. The van der Waals surface area contributed by atoms with Crippen molar-refractivity contribution in [2.45, 2.75) is 13.0 Å². The largest absolute Gasteiger partial charge is 0.388 e. The van der Waals surface area contributed by atoms with E-state index in [1.165, 1.54) is 9.13 Å². The molecule has 0 aliphatic rings. The standard InChI is InChI=1S/C11H16IN3/c1-15(7-6-11(13)14)8-9-2-4-10(12)5-3-9/h2-5H,6-8H2,1H3,(H3,13,14). The van der Waals surface area contributed by atoms with E-state index in [1.54, 1.807) is 0 Å². The van der Waals surface area contributed by atoms with Gasteiger partial charge in [-0.15, -0.1) is 0 Å². The van der Waals surface area contributed by atoms with Gasteiger partial charge in [-0.05, 0) is 47.3 Å². The van der Waals surface area contributed by atoms with Crippen LogP contribution < -0.4 is 5.73 Å². The fourth-order valence-electron chi connectivity index (χ4n) is 1.29. The average molecular weight is 317 g/mol. The third kappa shape index (κ3) is 5.13. The first-order valence-corrected chi connectivity index (χ1v) is 5.91. The van der Waals surface area contributed by atoms with Gasteiger partial charge >= 0.3 is 0 Å². The topological polar surface area (TPSA) is 53.1 Å². The normalized spacial score (nSPS) is 10.6. The highest BCUT2D eigenvalue weighted by molar-refractivity contribution is 14.1. The third-order valence-electron chi connectivity index (χ3n) is 2.13. The Morgan fingerprint density at radius 3 is 2.53 bits per heavy atom. The van der Waals surface area contributed by atoms with Crippen LogP contribution in [0, 0.1) is 8.98 Å². The molecule has 0 spiro atoms. The molecule has 0 atom stereocenters. The summed E-state index contributed by atoms with van der Waals surface area (Å²) in [6, 6.07) is 8.47. The summed E-state index contributed by atoms with van der Waals surface area (Å²) in [6.45, 7) is 1.74. The van der Waals surface area contributed by atoms with Gasteiger partial charge < -0.3 is 10.6 Å². The van der Waals surface area contributed by atoms with Crippen molar-refractivity contribution < 1.29 is 0 Å². The van der Waals surface area contributed by atoms with E-state index >= 15 is 0 Å². The molecule has 0 saturated carbocycles. The molecule has 1 aromatic carbocycles. The Morgan fingerprint density at radius 2 is 2.00 bits per heavy atom. The summed E-state index contributed by atoms with van der Waals surface area (Å²) in [4.78, 5) is 2.17. The molecule has 0 aliphatic heterocycles. The molecule has 3 nitrogen and oxygen atoms in total. The van der Waals surface area contributed by atoms with Crippen LogP contribution in [0.3, 0.4) is 0 Å². The van der Waals surface area contributed by atoms with Crippen molar-refractivity contribution in [2.75, 3.05) is 13.6 Å². The molecule has 3 N–H and O–H groups in total. The SMILES string of the molecule is CN(CCC(=N)N)Cc1ccc(I)cc1. The van der Waals surface area contributed by atoms with E-state index in [1.807, 2.05) is 7.05 Å². The highest BCUT2D eigenvalue weighted by Crippen LogP contribution is 2.08. The summed E-state index contributed by atoms with van der Waals surface area (Å²) in [7, 11) is 2.04. The zero-order chi connectivity index (χ0) is 11.3. The summed E-state index contributed by atoms with van der Waals surface area (Å²) in [5.74, 6) is 0.254. The van der Waals surface area contributed by atoms with Crippen LogP contribution in [0.5, 0.6) is 0 Å². The van der Waals surface area contributed by atoms with Crippen molar-refractivity contribution in [1.82, 2.24) is 4.90 Å². The second kappa shape index (κ2) is 6.07. The van der Waals surface area contributed by atoms with Gasteiger partial charge in [-0.1, -0.05) is 12.1 Å². The van der Waals surface area contributed by atoms with Crippen molar-refractivity contribution in [1.29, 1.82) is 5.41 Å². The minimum absolute atomic E-state index is 0.254. The molecule has 0 bridgehead atoms. The maximum Gasteiger partial charge on any atom is 0.0918 e. The Labute approximate surface area is 104 Å². The second-order valence-corrected chi connectivity index (χ2v) is 4.89. The summed E-state index contributed by atoms with van der Waals surface area (Å²) >= 11 is 2.30. The summed E-state index contributed by atoms with van der Waals surface area (Å²) in [6.07, 6.45) is 0.640. The predicted molar refractivity (Wildman–Crippen MR) is 72.0 cm³/mol. The molecule has 1 rings (SSSR count). The smallest absolute Gasteiger partial charge is 0.0918 e. The third-order valence-corrected chi connectivity index (χ3v) is 2.85. The van der Waals surface area contributed by atoms with E-state index in [4.69, 9.17) is 11.1 Å². The maximum absolute atomic E-state index is 7.15. The molecular weight excluding hydrogens is 301 g/mol. The number of nitrogens with zero attached hydrogens (tertiary/aromatic N) is 1. The van der Waals surface area contributed by atoms with Gasteiger partial charge in [0.15, 0.2) is 0 Å². The van der Waals surface area contributed by atoms with Crippen LogP contribution in [-0.4, -0.2) is 24.3 Å². The van der Waals surface area contributed by atoms with E-state index in [0.717, 1.165) is 13.1 Å². The lowest BCUT2D eigenvalue weighted by Crippen LogP contribution is -2.23. The zero-order valence-corrected chi connectivity index (χ0v) is 11.0. The molecule has 15 heavy (non-hydrogen) atoms. The Balaban J connectivity index is 2.40. The minimum Gasteiger partial charge on any atom is -0.388 e. The fraction of sp³-hybridized carbons (Fsp3) is 0.364. The average Bonchev–Trinajstić information content (AvgIpc) is 2.19. The van der Waals surface area contributed by atoms with Crippen LogP contribution in [0.2, 0.25) is 0 Å². The van der Waals surface area contributed by atoms with E-state index in [9.17, 15) is 0 Å². The molecule has 0 amide bonds. The first-order valence-electron chi connectivity index (χ1n) is 4.84. The van der Waals surface area contributed by atoms with E-state index in [-0.39, 0.29) is 5.84 Å². The van der Waals surface area contributed by atoms with Gasteiger partial charge in [-0.25, -0.2) is 0 Å². The molecule has 0 aliphatic carbocycles. The molecule has 1 aromatic rings. The lowest BCUT2D eigenvalue weighted by Gasteiger charge is -2.16. The van der Waals surface area contributed by atoms with E-state index in [2.05, 4.69) is 51.8 Å². The maximum atomic E-state index is 7.15. The minimum atomic E-state index is 0.254. The number of benzene rings is 1. The van der Waals surface area contributed by atoms with Gasteiger partial charge in [0.05, 0.1) is 5.84 Å². The lowest BCUT2D eigenvalue weighted by atomic mass is 10.2. The number of hydrogen-bond donors (Lipinski definition) is 2. The second-order valence-electron chi connectivity index (χ2n) is 3.64. The zero-order valence-electron chi connectivity index (χ0n) is 8.83. The lowest BCUT2D eigenvalue weighted by molar-refractivity contribution is 0.336. The van der Waals surface area contributed by atoms with Gasteiger partial charge in [-0.2, -0.15) is 0 Å². The van der Waals surface area contributed by atoms with Crippen LogP contribution >= 0.6 is 22.6 Å². The van der Waals surface area contributed by atoms with E-state index in [0.29, 0.717) is 6.42 Å². The van der Waals surface area contributed by atoms with E-state index < -0.39 is 0 Å². The fourth-order valence-corrected chi connectivity index (χ4v) is 1.65. The van der Waals surface area contributed by atoms with Crippen LogP contribution in [-0.2, 0) is 6.54 Å². The Kier molecular flexibility index (Phi) is 5.04. The first kappa shape index (κ1) is 12.4. The number of hydrogen-bond acceptors (Lipinski definition) is 2. The van der Waals surface area contributed by atoms with Crippen molar-refractivity contribution >= 4 is 28.4 Å². The Hall–Kier alpha value is -0.620. The Bertz CT molecular complexity index is 321. The quantitative estimate of drug-likeness (QED) is 0.496. The Morgan fingerprint density at radius 1 is 1.40 bits per heavy atom. The van der Waals surface area contributed by atoms with Gasteiger partial charge in [0, 0.05) is 23.1 Å². The van der Waals surface area contributed by atoms with Crippen molar-refractivity contribution in [3.63, 3.8) is 0 Å². The molecule has 0 saturated heterocycles. The first-order chi connectivity index (χ1) is 7.08. The molecule has 4 heteroatoms. The number of amidine groups is 1. The highest BCUT2D eigenvalue weighted by Gasteiger charge is 2.00. The number of nitrogens with one attached hydrogen (secondary N) is 1. The molecule has 0 unspecified atom stereocenters. The molecule has 82 valence electrons. The van der Waals surface area contributed by atoms with Gasteiger partial charge in [0.25, 0.3) is 0 Å². The predicted octanol–water partition coefficient (Wildman–Crippen LogP) is 2.05. The molecule has 0 heterocycles. The summed E-state index contributed by atoms with van der Waals surface area (Å²) < 4.78 is 1.25. The number of halogens is 1. The van der Waals surface area contributed by atoms with Gasteiger partial charge in [0.2, 0.25) is 0 Å². The number of rotatable bonds is 5. The van der Waals surface area contributed by atoms with Gasteiger partial charge in [0.1, 0.15) is 0 Å².